The lowest BCUT2D eigenvalue weighted by atomic mass is 9.80. The van der Waals surface area contributed by atoms with Gasteiger partial charge in [-0.1, -0.05) is 54.0 Å². The maximum Gasteiger partial charge on any atom is 0.0171 e. The summed E-state index contributed by atoms with van der Waals surface area (Å²) in [5.74, 6) is 0.545. The summed E-state index contributed by atoms with van der Waals surface area (Å²) in [4.78, 5) is 2.32. The van der Waals surface area contributed by atoms with Crippen LogP contribution in [0.15, 0.2) is 12.3 Å². The van der Waals surface area contributed by atoms with E-state index in [0.717, 1.165) is 6.54 Å². The molecule has 1 unspecified atom stereocenters. The SMILES string of the molecule is C=C(C(C)C(C)(C)C)N(C)CCCCC. The van der Waals surface area contributed by atoms with Gasteiger partial charge in [-0.3, -0.25) is 0 Å². The van der Waals surface area contributed by atoms with Crippen LogP contribution in [0.25, 0.3) is 0 Å². The monoisotopic (exact) mass is 211 g/mol. The normalized spacial score (nSPS) is 13.7. The summed E-state index contributed by atoms with van der Waals surface area (Å²) in [6.07, 6.45) is 3.89. The fraction of sp³-hybridized carbons (Fsp3) is 0.857. The summed E-state index contributed by atoms with van der Waals surface area (Å²) in [6, 6.07) is 0. The quantitative estimate of drug-likeness (QED) is 0.592. The third-order valence-electron chi connectivity index (χ3n) is 3.39. The van der Waals surface area contributed by atoms with Gasteiger partial charge < -0.3 is 4.90 Å². The van der Waals surface area contributed by atoms with E-state index in [1.165, 1.54) is 25.0 Å². The molecule has 0 amide bonds. The molecule has 0 bridgehead atoms. The number of unbranched alkanes of at least 4 members (excludes halogenated alkanes) is 2. The van der Waals surface area contributed by atoms with Crippen molar-refractivity contribution in [3.05, 3.63) is 12.3 Å². The fourth-order valence-corrected chi connectivity index (χ4v) is 1.57. The van der Waals surface area contributed by atoms with E-state index in [2.05, 4.69) is 53.1 Å². The summed E-state index contributed by atoms with van der Waals surface area (Å²) in [5.41, 5.74) is 1.59. The molecule has 0 radical (unpaired) electrons. The second-order valence-electron chi connectivity index (χ2n) is 5.71. The molecule has 0 aliphatic carbocycles. The van der Waals surface area contributed by atoms with Crippen molar-refractivity contribution in [2.45, 2.75) is 53.9 Å². The summed E-state index contributed by atoms with van der Waals surface area (Å²) >= 11 is 0. The lowest BCUT2D eigenvalue weighted by Gasteiger charge is -2.34. The Kier molecular flexibility index (Phi) is 6.00. The zero-order valence-corrected chi connectivity index (χ0v) is 11.6. The lowest BCUT2D eigenvalue weighted by molar-refractivity contribution is 0.240. The Balaban J connectivity index is 4.09. The largest absolute Gasteiger partial charge is 0.378 e. The van der Waals surface area contributed by atoms with Crippen LogP contribution in [0.1, 0.15) is 53.9 Å². The molecule has 0 fully saturated rings. The van der Waals surface area contributed by atoms with E-state index in [-0.39, 0.29) is 0 Å². The predicted octanol–water partition coefficient (Wildman–Crippen LogP) is 4.30. The standard InChI is InChI=1S/C14H29N/c1-8-9-10-11-15(7)13(3)12(2)14(4,5)6/h12H,3,8-11H2,1-2,4-7H3. The Labute approximate surface area is 96.6 Å². The van der Waals surface area contributed by atoms with E-state index in [9.17, 15) is 0 Å². The highest BCUT2D eigenvalue weighted by Crippen LogP contribution is 2.31. The molecule has 90 valence electrons. The second-order valence-corrected chi connectivity index (χ2v) is 5.71. The first-order valence-corrected chi connectivity index (χ1v) is 6.20. The average Bonchev–Trinajstić information content (AvgIpc) is 2.14. The molecule has 0 saturated carbocycles. The van der Waals surface area contributed by atoms with Crippen molar-refractivity contribution >= 4 is 0 Å². The first kappa shape index (κ1) is 14.5. The Morgan fingerprint density at radius 2 is 1.80 bits per heavy atom. The number of allylic oxidation sites excluding steroid dienone is 1. The minimum Gasteiger partial charge on any atom is -0.378 e. The first-order valence-electron chi connectivity index (χ1n) is 6.20. The molecular weight excluding hydrogens is 182 g/mol. The first-order chi connectivity index (χ1) is 6.80. The van der Waals surface area contributed by atoms with Crippen molar-refractivity contribution in [1.82, 2.24) is 4.90 Å². The van der Waals surface area contributed by atoms with Crippen molar-refractivity contribution < 1.29 is 0 Å². The molecule has 0 spiro atoms. The maximum atomic E-state index is 4.23. The van der Waals surface area contributed by atoms with Crippen LogP contribution in [0.5, 0.6) is 0 Å². The van der Waals surface area contributed by atoms with E-state index in [4.69, 9.17) is 0 Å². The van der Waals surface area contributed by atoms with Gasteiger partial charge in [0.2, 0.25) is 0 Å². The van der Waals surface area contributed by atoms with Crippen LogP contribution in [0, 0.1) is 11.3 Å². The Morgan fingerprint density at radius 1 is 1.27 bits per heavy atom. The maximum absolute atomic E-state index is 4.23. The van der Waals surface area contributed by atoms with Crippen molar-refractivity contribution in [2.75, 3.05) is 13.6 Å². The average molecular weight is 211 g/mol. The van der Waals surface area contributed by atoms with Crippen LogP contribution in [0.2, 0.25) is 0 Å². The highest BCUT2D eigenvalue weighted by Gasteiger charge is 2.24. The molecule has 0 N–H and O–H groups in total. The van der Waals surface area contributed by atoms with Crippen molar-refractivity contribution in [1.29, 1.82) is 0 Å². The van der Waals surface area contributed by atoms with Gasteiger partial charge in [-0.2, -0.15) is 0 Å². The summed E-state index contributed by atoms with van der Waals surface area (Å²) in [6.45, 7) is 16.7. The zero-order valence-electron chi connectivity index (χ0n) is 11.6. The Hall–Kier alpha value is -0.460. The van der Waals surface area contributed by atoms with Gasteiger partial charge in [0.05, 0.1) is 0 Å². The molecule has 0 aliphatic rings. The topological polar surface area (TPSA) is 3.24 Å². The molecule has 1 nitrogen and oxygen atoms in total. The molecule has 0 aromatic carbocycles. The van der Waals surface area contributed by atoms with E-state index in [1.807, 2.05) is 0 Å². The van der Waals surface area contributed by atoms with Crippen molar-refractivity contribution in [2.24, 2.45) is 11.3 Å². The Bertz CT molecular complexity index is 188. The molecule has 15 heavy (non-hydrogen) atoms. The van der Waals surface area contributed by atoms with Crippen LogP contribution < -0.4 is 0 Å². The van der Waals surface area contributed by atoms with Crippen LogP contribution >= 0.6 is 0 Å². The number of rotatable bonds is 6. The van der Waals surface area contributed by atoms with Gasteiger partial charge in [0.15, 0.2) is 0 Å². The van der Waals surface area contributed by atoms with Crippen LogP contribution in [-0.2, 0) is 0 Å². The van der Waals surface area contributed by atoms with Gasteiger partial charge in [0, 0.05) is 25.2 Å². The minimum atomic E-state index is 0.316. The van der Waals surface area contributed by atoms with Crippen LogP contribution in [0.4, 0.5) is 0 Å². The molecule has 0 aromatic heterocycles. The van der Waals surface area contributed by atoms with Crippen LogP contribution in [0.3, 0.4) is 0 Å². The number of hydrogen-bond donors (Lipinski definition) is 0. The van der Waals surface area contributed by atoms with Crippen LogP contribution in [-0.4, -0.2) is 18.5 Å². The zero-order chi connectivity index (χ0) is 12.1. The van der Waals surface area contributed by atoms with Crippen molar-refractivity contribution in [3.63, 3.8) is 0 Å². The van der Waals surface area contributed by atoms with Gasteiger partial charge in [-0.05, 0) is 11.8 Å². The molecule has 0 rings (SSSR count). The van der Waals surface area contributed by atoms with Crippen molar-refractivity contribution in [3.8, 4) is 0 Å². The van der Waals surface area contributed by atoms with Gasteiger partial charge in [0.25, 0.3) is 0 Å². The molecular formula is C14H29N. The summed E-state index contributed by atoms with van der Waals surface area (Å²) in [7, 11) is 2.17. The molecule has 1 atom stereocenters. The predicted molar refractivity (Wildman–Crippen MR) is 69.9 cm³/mol. The van der Waals surface area contributed by atoms with E-state index in [1.54, 1.807) is 0 Å². The fourth-order valence-electron chi connectivity index (χ4n) is 1.57. The highest BCUT2D eigenvalue weighted by molar-refractivity contribution is 5.01. The molecule has 1 heteroatoms. The van der Waals surface area contributed by atoms with Gasteiger partial charge in [-0.15, -0.1) is 0 Å². The van der Waals surface area contributed by atoms with Gasteiger partial charge in [0.1, 0.15) is 0 Å². The molecule has 0 saturated heterocycles. The molecule has 0 heterocycles. The van der Waals surface area contributed by atoms with E-state index in [0.29, 0.717) is 11.3 Å². The second kappa shape index (κ2) is 6.19. The molecule has 0 aliphatic heterocycles. The smallest absolute Gasteiger partial charge is 0.0171 e. The van der Waals surface area contributed by atoms with E-state index >= 15 is 0 Å². The Morgan fingerprint density at radius 3 is 2.20 bits per heavy atom. The summed E-state index contributed by atoms with van der Waals surface area (Å²) in [5, 5.41) is 0. The van der Waals surface area contributed by atoms with Gasteiger partial charge in [-0.25, -0.2) is 0 Å². The summed E-state index contributed by atoms with van der Waals surface area (Å²) < 4.78 is 0. The molecule has 0 aromatic rings. The lowest BCUT2D eigenvalue weighted by Crippen LogP contribution is -2.29. The highest BCUT2D eigenvalue weighted by atomic mass is 15.1. The van der Waals surface area contributed by atoms with Gasteiger partial charge >= 0.3 is 0 Å². The number of nitrogens with zero attached hydrogens (tertiary/aromatic N) is 1. The van der Waals surface area contributed by atoms with E-state index < -0.39 is 0 Å². The minimum absolute atomic E-state index is 0.316. The third kappa shape index (κ3) is 5.25. The third-order valence-corrected chi connectivity index (χ3v) is 3.39. The number of hydrogen-bond acceptors (Lipinski definition) is 1.